The van der Waals surface area contributed by atoms with Gasteiger partial charge in [-0.3, -0.25) is 4.79 Å². The van der Waals surface area contributed by atoms with Crippen LogP contribution in [0.25, 0.3) is 0 Å². The molecule has 124 valence electrons. The molecule has 1 spiro atoms. The SMILES string of the molecule is COc1ccc(CC(=O)N2CCC[C@]23CC=CC3O)cc1OC. The first kappa shape index (κ1) is 15.9. The minimum Gasteiger partial charge on any atom is -0.493 e. The van der Waals surface area contributed by atoms with Crippen molar-refractivity contribution in [2.24, 2.45) is 0 Å². The van der Waals surface area contributed by atoms with Crippen molar-refractivity contribution in [2.45, 2.75) is 37.3 Å². The lowest BCUT2D eigenvalue weighted by Gasteiger charge is -2.38. The van der Waals surface area contributed by atoms with Crippen LogP contribution in [-0.2, 0) is 11.2 Å². The van der Waals surface area contributed by atoms with Gasteiger partial charge in [0.25, 0.3) is 0 Å². The Morgan fingerprint density at radius 3 is 2.78 bits per heavy atom. The van der Waals surface area contributed by atoms with Crippen molar-refractivity contribution in [3.63, 3.8) is 0 Å². The summed E-state index contributed by atoms with van der Waals surface area (Å²) >= 11 is 0. The number of rotatable bonds is 4. The molecule has 2 atom stereocenters. The average Bonchev–Trinajstić information content (AvgIpc) is 3.15. The van der Waals surface area contributed by atoms with E-state index in [9.17, 15) is 9.90 Å². The molecule has 0 radical (unpaired) electrons. The molecule has 23 heavy (non-hydrogen) atoms. The lowest BCUT2D eigenvalue weighted by molar-refractivity contribution is -0.137. The van der Waals surface area contributed by atoms with E-state index in [0.717, 1.165) is 24.8 Å². The fraction of sp³-hybridized carbons (Fsp3) is 0.500. The minimum absolute atomic E-state index is 0.0532. The number of hydrogen-bond acceptors (Lipinski definition) is 4. The van der Waals surface area contributed by atoms with Gasteiger partial charge in [-0.25, -0.2) is 0 Å². The quantitative estimate of drug-likeness (QED) is 0.862. The second-order valence-electron chi connectivity index (χ2n) is 6.20. The summed E-state index contributed by atoms with van der Waals surface area (Å²) < 4.78 is 10.5. The molecular weight excluding hydrogens is 294 g/mol. The number of hydrogen-bond donors (Lipinski definition) is 1. The van der Waals surface area contributed by atoms with E-state index in [4.69, 9.17) is 9.47 Å². The molecule has 1 heterocycles. The fourth-order valence-corrected chi connectivity index (χ4v) is 3.76. The summed E-state index contributed by atoms with van der Waals surface area (Å²) in [5.74, 6) is 1.32. The minimum atomic E-state index is -0.556. The maximum absolute atomic E-state index is 12.8. The van der Waals surface area contributed by atoms with Crippen LogP contribution in [0, 0.1) is 0 Å². The average molecular weight is 317 g/mol. The summed E-state index contributed by atoms with van der Waals surface area (Å²) in [7, 11) is 3.17. The number of ether oxygens (including phenoxy) is 2. The van der Waals surface area contributed by atoms with Crippen LogP contribution in [-0.4, -0.2) is 48.3 Å². The summed E-state index contributed by atoms with van der Waals surface area (Å²) in [5, 5.41) is 10.3. The van der Waals surface area contributed by atoms with Gasteiger partial charge in [-0.05, 0) is 37.0 Å². The molecule has 1 aliphatic carbocycles. The largest absolute Gasteiger partial charge is 0.493 e. The first-order valence-electron chi connectivity index (χ1n) is 7.97. The van der Waals surface area contributed by atoms with E-state index in [2.05, 4.69) is 0 Å². The van der Waals surface area contributed by atoms with Crippen molar-refractivity contribution >= 4 is 5.91 Å². The third-order valence-electron chi connectivity index (χ3n) is 4.97. The lowest BCUT2D eigenvalue weighted by atomic mass is 9.90. The predicted octanol–water partition coefficient (Wildman–Crippen LogP) is 1.93. The van der Waals surface area contributed by atoms with E-state index in [1.165, 1.54) is 0 Å². The Kier molecular flexibility index (Phi) is 4.31. The van der Waals surface area contributed by atoms with Gasteiger partial charge in [0.05, 0.1) is 32.3 Å². The van der Waals surface area contributed by atoms with Crippen LogP contribution in [0.5, 0.6) is 11.5 Å². The van der Waals surface area contributed by atoms with Crippen molar-refractivity contribution in [3.05, 3.63) is 35.9 Å². The molecule has 3 rings (SSSR count). The van der Waals surface area contributed by atoms with Crippen LogP contribution >= 0.6 is 0 Å². The molecule has 2 aliphatic rings. The van der Waals surface area contributed by atoms with Crippen molar-refractivity contribution < 1.29 is 19.4 Å². The topological polar surface area (TPSA) is 59.0 Å². The van der Waals surface area contributed by atoms with Crippen molar-refractivity contribution in [1.82, 2.24) is 4.90 Å². The van der Waals surface area contributed by atoms with Crippen LogP contribution in [0.1, 0.15) is 24.8 Å². The summed E-state index contributed by atoms with van der Waals surface area (Å²) in [5.41, 5.74) is 0.461. The standard InChI is InChI=1S/C18H23NO4/c1-22-14-7-6-13(11-15(14)23-2)12-17(21)19-10-4-9-18(19)8-3-5-16(18)20/h3,5-7,11,16,20H,4,8-10,12H2,1-2H3/t16?,18-/m0/s1. The third-order valence-corrected chi connectivity index (χ3v) is 4.97. The second kappa shape index (κ2) is 6.24. The molecular formula is C18H23NO4. The van der Waals surface area contributed by atoms with Gasteiger partial charge in [0, 0.05) is 6.54 Å². The maximum Gasteiger partial charge on any atom is 0.227 e. The Balaban J connectivity index is 1.77. The zero-order valence-corrected chi connectivity index (χ0v) is 13.6. The van der Waals surface area contributed by atoms with Crippen molar-refractivity contribution in [2.75, 3.05) is 20.8 Å². The molecule has 1 aromatic rings. The summed E-state index contributed by atoms with van der Waals surface area (Å²) in [6.45, 7) is 0.713. The fourth-order valence-electron chi connectivity index (χ4n) is 3.76. The Bertz CT molecular complexity index is 627. The molecule has 0 saturated carbocycles. The second-order valence-corrected chi connectivity index (χ2v) is 6.20. The number of aliphatic hydroxyl groups is 1. The van der Waals surface area contributed by atoms with E-state index in [0.29, 0.717) is 24.5 Å². The molecule has 1 saturated heterocycles. The molecule has 5 nitrogen and oxygen atoms in total. The third kappa shape index (κ3) is 2.70. The molecule has 1 unspecified atom stereocenters. The number of carbonyl (C=O) groups is 1. The Morgan fingerprint density at radius 2 is 2.13 bits per heavy atom. The Labute approximate surface area is 136 Å². The van der Waals surface area contributed by atoms with E-state index >= 15 is 0 Å². The number of amides is 1. The van der Waals surface area contributed by atoms with E-state index in [1.807, 2.05) is 35.3 Å². The zero-order chi connectivity index (χ0) is 16.4. The molecule has 1 aliphatic heterocycles. The number of likely N-dealkylation sites (tertiary alicyclic amines) is 1. The predicted molar refractivity (Wildman–Crippen MR) is 86.7 cm³/mol. The highest BCUT2D eigenvalue weighted by atomic mass is 16.5. The van der Waals surface area contributed by atoms with Gasteiger partial charge in [0.1, 0.15) is 0 Å². The van der Waals surface area contributed by atoms with Crippen LogP contribution in [0.3, 0.4) is 0 Å². The van der Waals surface area contributed by atoms with Gasteiger partial charge in [-0.2, -0.15) is 0 Å². The van der Waals surface area contributed by atoms with Crippen LogP contribution in [0.15, 0.2) is 30.4 Å². The Hall–Kier alpha value is -2.01. The van der Waals surface area contributed by atoms with E-state index in [-0.39, 0.29) is 5.91 Å². The van der Waals surface area contributed by atoms with Crippen LogP contribution in [0.4, 0.5) is 0 Å². The van der Waals surface area contributed by atoms with Crippen LogP contribution < -0.4 is 9.47 Å². The van der Waals surface area contributed by atoms with E-state index < -0.39 is 11.6 Å². The van der Waals surface area contributed by atoms with Gasteiger partial charge < -0.3 is 19.5 Å². The summed E-state index contributed by atoms with van der Waals surface area (Å²) in [6.07, 6.45) is 6.07. The van der Waals surface area contributed by atoms with Crippen molar-refractivity contribution in [3.8, 4) is 11.5 Å². The summed E-state index contributed by atoms with van der Waals surface area (Å²) in [4.78, 5) is 14.7. The van der Waals surface area contributed by atoms with Crippen LogP contribution in [0.2, 0.25) is 0 Å². The molecule has 1 fully saturated rings. The van der Waals surface area contributed by atoms with Gasteiger partial charge in [0.15, 0.2) is 11.5 Å². The lowest BCUT2D eigenvalue weighted by Crippen LogP contribution is -2.53. The normalized spacial score (nSPS) is 26.0. The molecule has 1 amide bonds. The number of carbonyl (C=O) groups excluding carboxylic acids is 1. The first-order chi connectivity index (χ1) is 11.1. The highest BCUT2D eigenvalue weighted by Crippen LogP contribution is 2.40. The molecule has 1 N–H and O–H groups in total. The first-order valence-corrected chi connectivity index (χ1v) is 7.97. The molecule has 0 aromatic heterocycles. The number of aliphatic hydroxyl groups excluding tert-OH is 1. The van der Waals surface area contributed by atoms with Gasteiger partial charge in [-0.15, -0.1) is 0 Å². The Morgan fingerprint density at radius 1 is 1.35 bits per heavy atom. The highest BCUT2D eigenvalue weighted by molar-refractivity contribution is 5.80. The molecule has 0 bridgehead atoms. The smallest absolute Gasteiger partial charge is 0.227 e. The highest BCUT2D eigenvalue weighted by Gasteiger charge is 2.49. The monoisotopic (exact) mass is 317 g/mol. The molecule has 5 heteroatoms. The summed E-state index contributed by atoms with van der Waals surface area (Å²) in [6, 6.07) is 5.53. The number of methoxy groups -OCH3 is 2. The maximum atomic E-state index is 12.8. The zero-order valence-electron chi connectivity index (χ0n) is 13.6. The van der Waals surface area contributed by atoms with Gasteiger partial charge in [-0.1, -0.05) is 18.2 Å². The molecule has 1 aromatic carbocycles. The van der Waals surface area contributed by atoms with E-state index in [1.54, 1.807) is 14.2 Å². The van der Waals surface area contributed by atoms with Gasteiger partial charge >= 0.3 is 0 Å². The number of benzene rings is 1. The number of nitrogens with zero attached hydrogens (tertiary/aromatic N) is 1. The van der Waals surface area contributed by atoms with Crippen molar-refractivity contribution in [1.29, 1.82) is 0 Å². The van der Waals surface area contributed by atoms with Gasteiger partial charge in [0.2, 0.25) is 5.91 Å².